The van der Waals surface area contributed by atoms with Gasteiger partial charge in [-0.25, -0.2) is 0 Å². The summed E-state index contributed by atoms with van der Waals surface area (Å²) in [6, 6.07) is 7.59. The molecule has 0 amide bonds. The summed E-state index contributed by atoms with van der Waals surface area (Å²) in [7, 11) is 0. The van der Waals surface area contributed by atoms with Gasteiger partial charge in [0.15, 0.2) is 0 Å². The van der Waals surface area contributed by atoms with Crippen molar-refractivity contribution in [1.29, 1.82) is 0 Å². The standard InChI is InChI=1S/C19H26BrN/c1-13(2)7-9-21-10-8-19(4)14(3)18(21)11-15-5-6-16(20)12-17(15)19/h5-7,12,14,18H,8-11H2,1-4H3. The van der Waals surface area contributed by atoms with Crippen LogP contribution in [0, 0.1) is 5.92 Å². The Bertz CT molecular complexity index is 573. The highest BCUT2D eigenvalue weighted by molar-refractivity contribution is 9.10. The van der Waals surface area contributed by atoms with Gasteiger partial charge >= 0.3 is 0 Å². The molecule has 1 fully saturated rings. The van der Waals surface area contributed by atoms with Crippen molar-refractivity contribution in [2.45, 2.75) is 52.0 Å². The van der Waals surface area contributed by atoms with Crippen LogP contribution in [0.4, 0.5) is 0 Å². The van der Waals surface area contributed by atoms with Crippen LogP contribution in [0.25, 0.3) is 0 Å². The van der Waals surface area contributed by atoms with Crippen molar-refractivity contribution >= 4 is 15.9 Å². The zero-order valence-corrected chi connectivity index (χ0v) is 15.2. The summed E-state index contributed by atoms with van der Waals surface area (Å²) in [5.74, 6) is 0.721. The van der Waals surface area contributed by atoms with E-state index in [4.69, 9.17) is 0 Å². The smallest absolute Gasteiger partial charge is 0.0178 e. The third kappa shape index (κ3) is 2.61. The Kier molecular flexibility index (Phi) is 4.04. The van der Waals surface area contributed by atoms with E-state index in [1.54, 1.807) is 11.1 Å². The molecule has 114 valence electrons. The van der Waals surface area contributed by atoms with Gasteiger partial charge in [0.25, 0.3) is 0 Å². The van der Waals surface area contributed by atoms with Gasteiger partial charge in [-0.3, -0.25) is 4.90 Å². The van der Waals surface area contributed by atoms with Crippen molar-refractivity contribution in [3.8, 4) is 0 Å². The van der Waals surface area contributed by atoms with Gasteiger partial charge in [0.05, 0.1) is 0 Å². The maximum atomic E-state index is 3.66. The first-order chi connectivity index (χ1) is 9.91. The molecule has 3 rings (SSSR count). The average molecular weight is 348 g/mol. The molecule has 21 heavy (non-hydrogen) atoms. The molecule has 1 aromatic carbocycles. The minimum Gasteiger partial charge on any atom is -0.296 e. The van der Waals surface area contributed by atoms with Gasteiger partial charge in [-0.1, -0.05) is 47.5 Å². The topological polar surface area (TPSA) is 3.24 Å². The molecule has 1 saturated heterocycles. The molecule has 2 heteroatoms. The van der Waals surface area contributed by atoms with Crippen LogP contribution in [-0.2, 0) is 11.8 Å². The van der Waals surface area contributed by atoms with Crippen LogP contribution in [0.5, 0.6) is 0 Å². The van der Waals surface area contributed by atoms with Gasteiger partial charge < -0.3 is 0 Å². The molecule has 2 aliphatic rings. The number of likely N-dealkylation sites (tertiary alicyclic amines) is 1. The second kappa shape index (κ2) is 5.55. The van der Waals surface area contributed by atoms with Crippen LogP contribution in [0.3, 0.4) is 0 Å². The minimum absolute atomic E-state index is 0.337. The summed E-state index contributed by atoms with van der Waals surface area (Å²) in [5.41, 5.74) is 4.91. The number of hydrogen-bond acceptors (Lipinski definition) is 1. The van der Waals surface area contributed by atoms with E-state index in [2.05, 4.69) is 72.8 Å². The molecule has 1 heterocycles. The molecular formula is C19H26BrN. The lowest BCUT2D eigenvalue weighted by Crippen LogP contribution is -2.57. The number of fused-ring (bicyclic) bond motifs is 4. The summed E-state index contributed by atoms with van der Waals surface area (Å²) in [6.07, 6.45) is 4.85. The first-order valence-electron chi connectivity index (χ1n) is 8.08. The third-order valence-corrected chi connectivity index (χ3v) is 6.31. The molecule has 1 aliphatic carbocycles. The van der Waals surface area contributed by atoms with Crippen LogP contribution in [0.2, 0.25) is 0 Å². The maximum absolute atomic E-state index is 3.66. The van der Waals surface area contributed by atoms with E-state index in [1.165, 1.54) is 29.4 Å². The predicted octanol–water partition coefficient (Wildman–Crippen LogP) is 4.94. The van der Waals surface area contributed by atoms with Crippen LogP contribution >= 0.6 is 15.9 Å². The Morgan fingerprint density at radius 2 is 2.19 bits per heavy atom. The Labute approximate surface area is 137 Å². The Morgan fingerprint density at radius 3 is 2.90 bits per heavy atom. The van der Waals surface area contributed by atoms with Crippen LogP contribution < -0.4 is 0 Å². The zero-order chi connectivity index (χ0) is 15.2. The largest absolute Gasteiger partial charge is 0.296 e. The van der Waals surface area contributed by atoms with Gasteiger partial charge in [-0.2, -0.15) is 0 Å². The highest BCUT2D eigenvalue weighted by Crippen LogP contribution is 2.49. The van der Waals surface area contributed by atoms with Gasteiger partial charge in [-0.15, -0.1) is 0 Å². The number of rotatable bonds is 2. The van der Waals surface area contributed by atoms with E-state index in [0.717, 1.165) is 12.5 Å². The fourth-order valence-electron chi connectivity index (χ4n) is 4.21. The molecule has 0 saturated carbocycles. The Morgan fingerprint density at radius 1 is 1.43 bits per heavy atom. The van der Waals surface area contributed by atoms with E-state index in [1.807, 2.05) is 0 Å². The lowest BCUT2D eigenvalue weighted by atomic mass is 9.59. The molecule has 2 bridgehead atoms. The van der Waals surface area contributed by atoms with Crippen molar-refractivity contribution in [3.05, 3.63) is 45.4 Å². The molecule has 0 spiro atoms. The highest BCUT2D eigenvalue weighted by atomic mass is 79.9. The van der Waals surface area contributed by atoms with Crippen LogP contribution in [0.15, 0.2) is 34.3 Å². The van der Waals surface area contributed by atoms with E-state index in [-0.39, 0.29) is 0 Å². The normalized spacial score (nSPS) is 31.7. The molecule has 3 atom stereocenters. The Hall–Kier alpha value is -0.600. The van der Waals surface area contributed by atoms with Crippen molar-refractivity contribution in [1.82, 2.24) is 4.90 Å². The number of benzene rings is 1. The SMILES string of the molecule is CC(C)=CCN1CCC2(C)c3cc(Br)ccc3CC1C2C. The van der Waals surface area contributed by atoms with Gasteiger partial charge in [0.2, 0.25) is 0 Å². The summed E-state index contributed by atoms with van der Waals surface area (Å²) >= 11 is 3.66. The van der Waals surface area contributed by atoms with Crippen LogP contribution in [0.1, 0.15) is 45.2 Å². The lowest BCUT2D eigenvalue weighted by Gasteiger charge is -2.54. The van der Waals surface area contributed by atoms with Crippen molar-refractivity contribution in [2.75, 3.05) is 13.1 Å². The van der Waals surface area contributed by atoms with Crippen molar-refractivity contribution in [2.24, 2.45) is 5.92 Å². The molecular weight excluding hydrogens is 322 g/mol. The molecule has 0 aromatic heterocycles. The number of nitrogens with zero attached hydrogens (tertiary/aromatic N) is 1. The second-order valence-electron chi connectivity index (χ2n) is 7.31. The monoisotopic (exact) mass is 347 g/mol. The fraction of sp³-hybridized carbons (Fsp3) is 0.579. The van der Waals surface area contributed by atoms with E-state index in [0.29, 0.717) is 11.5 Å². The van der Waals surface area contributed by atoms with E-state index in [9.17, 15) is 0 Å². The van der Waals surface area contributed by atoms with Gasteiger partial charge in [0, 0.05) is 17.1 Å². The van der Waals surface area contributed by atoms with E-state index < -0.39 is 0 Å². The number of hydrogen-bond donors (Lipinski definition) is 0. The van der Waals surface area contributed by atoms with Crippen molar-refractivity contribution < 1.29 is 0 Å². The fourth-order valence-corrected chi connectivity index (χ4v) is 4.57. The minimum atomic E-state index is 0.337. The average Bonchev–Trinajstić information content (AvgIpc) is 2.43. The molecule has 0 N–H and O–H groups in total. The first kappa shape index (κ1) is 15.3. The highest BCUT2D eigenvalue weighted by Gasteiger charge is 2.47. The van der Waals surface area contributed by atoms with Crippen LogP contribution in [-0.4, -0.2) is 24.0 Å². The maximum Gasteiger partial charge on any atom is 0.0178 e. The molecule has 3 unspecified atom stereocenters. The second-order valence-corrected chi connectivity index (χ2v) is 8.22. The van der Waals surface area contributed by atoms with Gasteiger partial charge in [0.1, 0.15) is 0 Å². The zero-order valence-electron chi connectivity index (χ0n) is 13.6. The lowest BCUT2D eigenvalue weighted by molar-refractivity contribution is 0.0398. The molecule has 1 aliphatic heterocycles. The summed E-state index contributed by atoms with van der Waals surface area (Å²) in [4.78, 5) is 2.70. The van der Waals surface area contributed by atoms with Crippen molar-refractivity contribution in [3.63, 3.8) is 0 Å². The Balaban J connectivity index is 1.96. The number of halogens is 1. The van der Waals surface area contributed by atoms with Gasteiger partial charge in [-0.05, 0) is 67.8 Å². The predicted molar refractivity (Wildman–Crippen MR) is 93.8 cm³/mol. The third-order valence-electron chi connectivity index (χ3n) is 5.82. The van der Waals surface area contributed by atoms with E-state index >= 15 is 0 Å². The summed E-state index contributed by atoms with van der Waals surface area (Å²) in [5, 5.41) is 0. The summed E-state index contributed by atoms with van der Waals surface area (Å²) in [6.45, 7) is 11.7. The number of allylic oxidation sites excluding steroid dienone is 1. The molecule has 1 nitrogen and oxygen atoms in total. The summed E-state index contributed by atoms with van der Waals surface area (Å²) < 4.78 is 1.22. The first-order valence-corrected chi connectivity index (χ1v) is 8.87. The molecule has 0 radical (unpaired) electrons. The number of piperidine rings is 1. The molecule has 1 aromatic rings. The quantitative estimate of drug-likeness (QED) is 0.685.